The summed E-state index contributed by atoms with van der Waals surface area (Å²) in [6.45, 7) is 8.53. The molecule has 2 fully saturated rings. The van der Waals surface area contributed by atoms with Crippen LogP contribution in [-0.2, 0) is 11.3 Å². The third-order valence-electron chi connectivity index (χ3n) is 5.25. The van der Waals surface area contributed by atoms with Crippen molar-refractivity contribution in [3.63, 3.8) is 0 Å². The lowest BCUT2D eigenvalue weighted by Crippen LogP contribution is -2.33. The second-order valence-corrected chi connectivity index (χ2v) is 7.48. The van der Waals surface area contributed by atoms with E-state index >= 15 is 0 Å². The van der Waals surface area contributed by atoms with Crippen molar-refractivity contribution in [2.24, 2.45) is 0 Å². The molecule has 0 N–H and O–H groups in total. The van der Waals surface area contributed by atoms with Gasteiger partial charge in [-0.05, 0) is 62.9 Å². The Morgan fingerprint density at radius 2 is 2.08 bits per heavy atom. The van der Waals surface area contributed by atoms with E-state index in [1.165, 1.54) is 32.4 Å². The molecule has 1 saturated carbocycles. The van der Waals surface area contributed by atoms with Crippen LogP contribution in [0.4, 0.5) is 0 Å². The van der Waals surface area contributed by atoms with Crippen LogP contribution >= 0.6 is 0 Å². The zero-order valence-electron chi connectivity index (χ0n) is 15.9. The monoisotopic (exact) mass is 356 g/mol. The van der Waals surface area contributed by atoms with Crippen molar-refractivity contribution in [2.45, 2.75) is 57.5 Å². The Kier molecular flexibility index (Phi) is 7.13. The number of hydrogen-bond acceptors (Lipinski definition) is 3. The van der Waals surface area contributed by atoms with E-state index in [1.54, 1.807) is 0 Å². The molecule has 4 heteroatoms. The molecule has 0 atom stereocenters. The first-order valence-corrected chi connectivity index (χ1v) is 10.1. The van der Waals surface area contributed by atoms with E-state index < -0.39 is 0 Å². The summed E-state index contributed by atoms with van der Waals surface area (Å²) in [6, 6.07) is 8.65. The highest BCUT2D eigenvalue weighted by molar-refractivity contribution is 5.77. The van der Waals surface area contributed by atoms with Crippen molar-refractivity contribution < 1.29 is 9.53 Å². The van der Waals surface area contributed by atoms with Gasteiger partial charge in [-0.15, -0.1) is 6.58 Å². The molecule has 3 rings (SSSR count). The highest BCUT2D eigenvalue weighted by atomic mass is 16.5. The third-order valence-corrected chi connectivity index (χ3v) is 5.25. The molecule has 0 spiro atoms. The first-order chi connectivity index (χ1) is 12.8. The number of carbonyl (C=O) groups is 1. The van der Waals surface area contributed by atoms with Crippen LogP contribution in [-0.4, -0.2) is 48.0 Å². The Bertz CT molecular complexity index is 592. The average molecular weight is 357 g/mol. The van der Waals surface area contributed by atoms with Crippen LogP contribution in [0.2, 0.25) is 0 Å². The summed E-state index contributed by atoms with van der Waals surface area (Å²) in [5.74, 6) is 1.15. The lowest BCUT2D eigenvalue weighted by molar-refractivity contribution is -0.132. The summed E-state index contributed by atoms with van der Waals surface area (Å²) in [7, 11) is 0. The molecule has 4 nitrogen and oxygen atoms in total. The number of hydrogen-bond donors (Lipinski definition) is 0. The topological polar surface area (TPSA) is 32.8 Å². The van der Waals surface area contributed by atoms with E-state index in [2.05, 4.69) is 23.6 Å². The second kappa shape index (κ2) is 9.77. The Hall–Kier alpha value is -1.81. The Labute approximate surface area is 157 Å². The van der Waals surface area contributed by atoms with Gasteiger partial charge >= 0.3 is 0 Å². The van der Waals surface area contributed by atoms with Gasteiger partial charge in [-0.25, -0.2) is 0 Å². The maximum atomic E-state index is 12.5. The van der Waals surface area contributed by atoms with Crippen molar-refractivity contribution in [3.05, 3.63) is 42.5 Å². The van der Waals surface area contributed by atoms with E-state index in [-0.39, 0.29) is 5.91 Å². The fourth-order valence-corrected chi connectivity index (χ4v) is 3.58. The minimum absolute atomic E-state index is 0.240. The van der Waals surface area contributed by atoms with Crippen LogP contribution in [0.1, 0.15) is 50.5 Å². The summed E-state index contributed by atoms with van der Waals surface area (Å²) >= 11 is 0. The minimum atomic E-state index is 0.240. The first-order valence-electron chi connectivity index (χ1n) is 10.1. The van der Waals surface area contributed by atoms with Crippen molar-refractivity contribution >= 4 is 5.91 Å². The van der Waals surface area contributed by atoms with Gasteiger partial charge in [0, 0.05) is 25.6 Å². The molecule has 1 aromatic carbocycles. The van der Waals surface area contributed by atoms with E-state index in [9.17, 15) is 4.79 Å². The van der Waals surface area contributed by atoms with Gasteiger partial charge in [0.1, 0.15) is 12.4 Å². The predicted octanol–water partition coefficient (Wildman–Crippen LogP) is 4.01. The van der Waals surface area contributed by atoms with Gasteiger partial charge < -0.3 is 9.64 Å². The largest absolute Gasteiger partial charge is 0.492 e. The predicted molar refractivity (Wildman–Crippen MR) is 105 cm³/mol. The molecule has 1 aliphatic carbocycles. The molecule has 26 heavy (non-hydrogen) atoms. The fourth-order valence-electron chi connectivity index (χ4n) is 3.58. The number of carbonyl (C=O) groups excluding carboxylic acids is 1. The Balaban J connectivity index is 1.50. The molecular weight excluding hydrogens is 324 g/mol. The molecule has 0 aromatic heterocycles. The molecule has 142 valence electrons. The number of rotatable bonds is 10. The number of piperidine rings is 1. The van der Waals surface area contributed by atoms with Gasteiger partial charge in [-0.1, -0.05) is 24.6 Å². The van der Waals surface area contributed by atoms with Crippen LogP contribution < -0.4 is 4.74 Å². The molecule has 1 aromatic rings. The number of nitrogens with zero attached hydrogens (tertiary/aromatic N) is 2. The van der Waals surface area contributed by atoms with Crippen LogP contribution in [0.25, 0.3) is 0 Å². The van der Waals surface area contributed by atoms with Gasteiger partial charge in [-0.3, -0.25) is 9.69 Å². The lowest BCUT2D eigenvalue weighted by atomic mass is 10.1. The van der Waals surface area contributed by atoms with Crippen LogP contribution in [0, 0.1) is 0 Å². The van der Waals surface area contributed by atoms with Gasteiger partial charge in [0.15, 0.2) is 0 Å². The summed E-state index contributed by atoms with van der Waals surface area (Å²) in [4.78, 5) is 17.0. The normalized spacial score (nSPS) is 17.7. The molecule has 1 amide bonds. The molecule has 1 aliphatic heterocycles. The number of amides is 1. The summed E-state index contributed by atoms with van der Waals surface area (Å²) < 4.78 is 5.97. The maximum Gasteiger partial charge on any atom is 0.223 e. The van der Waals surface area contributed by atoms with E-state index in [4.69, 9.17) is 4.74 Å². The number of allylic oxidation sites excluding steroid dienone is 1. The molecule has 0 bridgehead atoms. The molecule has 1 heterocycles. The van der Waals surface area contributed by atoms with Gasteiger partial charge in [-0.2, -0.15) is 0 Å². The van der Waals surface area contributed by atoms with Gasteiger partial charge in [0.25, 0.3) is 0 Å². The minimum Gasteiger partial charge on any atom is -0.492 e. The summed E-state index contributed by atoms with van der Waals surface area (Å²) in [6.07, 6.45) is 9.38. The van der Waals surface area contributed by atoms with Crippen LogP contribution in [0.15, 0.2) is 36.9 Å². The third kappa shape index (κ3) is 5.87. The van der Waals surface area contributed by atoms with E-state index in [0.717, 1.165) is 43.7 Å². The SMILES string of the molecule is C=CCCC(=O)N(Cc1cccc(OCCN2CCCCC2)c1)C1CC1. The highest BCUT2D eigenvalue weighted by Gasteiger charge is 2.32. The molecule has 1 saturated heterocycles. The maximum absolute atomic E-state index is 12.5. The zero-order valence-corrected chi connectivity index (χ0v) is 15.9. The molecule has 0 radical (unpaired) electrons. The number of likely N-dealkylation sites (tertiary alicyclic amines) is 1. The first kappa shape index (κ1) is 19.0. The highest BCUT2D eigenvalue weighted by Crippen LogP contribution is 2.29. The Morgan fingerprint density at radius 1 is 1.27 bits per heavy atom. The summed E-state index contributed by atoms with van der Waals surface area (Å²) in [5, 5.41) is 0. The Morgan fingerprint density at radius 3 is 2.81 bits per heavy atom. The van der Waals surface area contributed by atoms with Crippen molar-refractivity contribution in [1.82, 2.24) is 9.80 Å². The number of benzene rings is 1. The van der Waals surface area contributed by atoms with Gasteiger partial charge in [0.2, 0.25) is 5.91 Å². The number of ether oxygens (including phenoxy) is 1. The van der Waals surface area contributed by atoms with Gasteiger partial charge in [0.05, 0.1) is 0 Å². The summed E-state index contributed by atoms with van der Waals surface area (Å²) in [5.41, 5.74) is 1.15. The standard InChI is InChI=1S/C22H32N2O2/c1-2-3-10-22(25)24(20-11-12-20)18-19-8-7-9-21(17-19)26-16-15-23-13-5-4-6-14-23/h2,7-9,17,20H,1,3-6,10-16,18H2. The average Bonchev–Trinajstić information content (AvgIpc) is 3.50. The van der Waals surface area contributed by atoms with Crippen molar-refractivity contribution in [3.8, 4) is 5.75 Å². The van der Waals surface area contributed by atoms with Crippen molar-refractivity contribution in [1.29, 1.82) is 0 Å². The second-order valence-electron chi connectivity index (χ2n) is 7.48. The quantitative estimate of drug-likeness (QED) is 0.594. The zero-order chi connectivity index (χ0) is 18.2. The lowest BCUT2D eigenvalue weighted by Gasteiger charge is -2.26. The van der Waals surface area contributed by atoms with Crippen LogP contribution in [0.3, 0.4) is 0 Å². The fraction of sp³-hybridized carbons (Fsp3) is 0.591. The molecular formula is C22H32N2O2. The molecule has 2 aliphatic rings. The van der Waals surface area contributed by atoms with E-state index in [0.29, 0.717) is 19.0 Å². The van der Waals surface area contributed by atoms with Crippen molar-refractivity contribution in [2.75, 3.05) is 26.2 Å². The molecule has 0 unspecified atom stereocenters. The van der Waals surface area contributed by atoms with Crippen LogP contribution in [0.5, 0.6) is 5.75 Å². The van der Waals surface area contributed by atoms with E-state index in [1.807, 2.05) is 23.1 Å². The smallest absolute Gasteiger partial charge is 0.223 e.